The number of ether oxygens (including phenoxy) is 3. The van der Waals surface area contributed by atoms with Crippen molar-refractivity contribution in [3.8, 4) is 11.5 Å². The lowest BCUT2D eigenvalue weighted by molar-refractivity contribution is -0.149. The zero-order valence-corrected chi connectivity index (χ0v) is 14.5. The molecule has 4 heteroatoms. The second-order valence-corrected chi connectivity index (χ2v) is 5.66. The molecule has 0 saturated carbocycles. The Labute approximate surface area is 153 Å². The molecule has 4 nitrogen and oxygen atoms in total. The summed E-state index contributed by atoms with van der Waals surface area (Å²) in [5.74, 6) is 0.880. The molecule has 0 saturated heterocycles. The number of carbonyl (C=O) groups excluding carboxylic acids is 1. The minimum absolute atomic E-state index is 0.164. The van der Waals surface area contributed by atoms with Crippen LogP contribution in [0.25, 0.3) is 0 Å². The molecule has 0 aliphatic carbocycles. The highest BCUT2D eigenvalue weighted by Crippen LogP contribution is 2.26. The molecule has 0 atom stereocenters. The van der Waals surface area contributed by atoms with Gasteiger partial charge in [0.15, 0.2) is 12.7 Å². The summed E-state index contributed by atoms with van der Waals surface area (Å²) < 4.78 is 16.3. The Hall–Kier alpha value is -3.27. The molecule has 0 fully saturated rings. The molecule has 0 N–H and O–H groups in total. The second-order valence-electron chi connectivity index (χ2n) is 5.66. The lowest BCUT2D eigenvalue weighted by Crippen LogP contribution is -2.19. The highest BCUT2D eigenvalue weighted by Gasteiger charge is 2.19. The van der Waals surface area contributed by atoms with Crippen LogP contribution < -0.4 is 9.47 Å². The quantitative estimate of drug-likeness (QED) is 0.594. The van der Waals surface area contributed by atoms with Gasteiger partial charge in [0, 0.05) is 0 Å². The topological polar surface area (TPSA) is 44.8 Å². The van der Waals surface area contributed by atoms with Crippen molar-refractivity contribution < 1.29 is 19.0 Å². The average molecular weight is 348 g/mol. The zero-order valence-electron chi connectivity index (χ0n) is 14.5. The number of rotatable bonds is 7. The molecule has 0 unspecified atom stereocenters. The Morgan fingerprint density at radius 2 is 1.27 bits per heavy atom. The van der Waals surface area contributed by atoms with Crippen molar-refractivity contribution in [1.82, 2.24) is 0 Å². The number of carbonyl (C=O) groups is 1. The predicted molar refractivity (Wildman–Crippen MR) is 99.3 cm³/mol. The number of hydrogen-bond acceptors (Lipinski definition) is 4. The van der Waals surface area contributed by atoms with E-state index in [9.17, 15) is 4.79 Å². The Morgan fingerprint density at radius 3 is 1.77 bits per heavy atom. The van der Waals surface area contributed by atoms with E-state index >= 15 is 0 Å². The van der Waals surface area contributed by atoms with E-state index in [-0.39, 0.29) is 6.61 Å². The number of esters is 1. The summed E-state index contributed by atoms with van der Waals surface area (Å²) in [6.45, 7) is -0.164. The van der Waals surface area contributed by atoms with Crippen LogP contribution >= 0.6 is 0 Å². The van der Waals surface area contributed by atoms with Crippen molar-refractivity contribution in [1.29, 1.82) is 0 Å². The van der Waals surface area contributed by atoms with Crippen LogP contribution in [0.2, 0.25) is 0 Å². The first kappa shape index (κ1) is 17.5. The maximum absolute atomic E-state index is 12.3. The number of methoxy groups -OCH3 is 1. The van der Waals surface area contributed by atoms with Gasteiger partial charge in [-0.1, -0.05) is 60.7 Å². The minimum Gasteiger partial charge on any atom is -0.497 e. The smallest absolute Gasteiger partial charge is 0.345 e. The van der Waals surface area contributed by atoms with Crippen LogP contribution in [0.15, 0.2) is 84.9 Å². The van der Waals surface area contributed by atoms with Crippen LogP contribution in [0.5, 0.6) is 11.5 Å². The normalized spacial score (nSPS) is 10.4. The highest BCUT2D eigenvalue weighted by atomic mass is 16.6. The van der Waals surface area contributed by atoms with Gasteiger partial charge in [0.2, 0.25) is 0 Å². The Bertz CT molecular complexity index is 774. The van der Waals surface area contributed by atoms with Crippen molar-refractivity contribution in [2.45, 2.75) is 6.10 Å². The molecule has 0 aromatic heterocycles. The summed E-state index contributed by atoms with van der Waals surface area (Å²) in [5.41, 5.74) is 1.83. The van der Waals surface area contributed by atoms with Gasteiger partial charge in [-0.2, -0.15) is 0 Å². The molecule has 26 heavy (non-hydrogen) atoms. The van der Waals surface area contributed by atoms with Crippen molar-refractivity contribution in [2.75, 3.05) is 13.7 Å². The fourth-order valence-electron chi connectivity index (χ4n) is 2.56. The third kappa shape index (κ3) is 4.63. The van der Waals surface area contributed by atoms with Crippen LogP contribution in [0.1, 0.15) is 17.2 Å². The van der Waals surface area contributed by atoms with Gasteiger partial charge < -0.3 is 14.2 Å². The third-order valence-corrected chi connectivity index (χ3v) is 3.87. The predicted octanol–water partition coefficient (Wildman–Crippen LogP) is 4.41. The number of hydrogen-bond donors (Lipinski definition) is 0. The standard InChI is InChI=1S/C22H20O4/c1-24-19-12-14-20(15-13-19)25-16-21(23)26-22(17-8-4-2-5-9-17)18-10-6-3-7-11-18/h2-15,22H,16H2,1H3. The molecule has 0 aliphatic heterocycles. The molecule has 3 aromatic carbocycles. The largest absolute Gasteiger partial charge is 0.497 e. The molecule has 132 valence electrons. The minimum atomic E-state index is -0.468. The molecule has 0 heterocycles. The van der Waals surface area contributed by atoms with E-state index in [1.807, 2.05) is 60.7 Å². The SMILES string of the molecule is COc1ccc(OCC(=O)OC(c2ccccc2)c2ccccc2)cc1. The maximum atomic E-state index is 12.3. The van der Waals surface area contributed by atoms with E-state index in [0.717, 1.165) is 16.9 Å². The van der Waals surface area contributed by atoms with Crippen LogP contribution in [0.3, 0.4) is 0 Å². The molecular weight excluding hydrogens is 328 g/mol. The molecule has 3 aromatic rings. The lowest BCUT2D eigenvalue weighted by Gasteiger charge is -2.19. The Balaban J connectivity index is 1.67. The van der Waals surface area contributed by atoms with Gasteiger partial charge in [0.1, 0.15) is 11.5 Å². The first-order valence-electron chi connectivity index (χ1n) is 8.32. The van der Waals surface area contributed by atoms with Gasteiger partial charge in [-0.15, -0.1) is 0 Å². The summed E-state index contributed by atoms with van der Waals surface area (Å²) in [6, 6.07) is 26.4. The molecular formula is C22H20O4. The van der Waals surface area contributed by atoms with E-state index in [0.29, 0.717) is 5.75 Å². The maximum Gasteiger partial charge on any atom is 0.345 e. The van der Waals surface area contributed by atoms with Gasteiger partial charge in [0.25, 0.3) is 0 Å². The van der Waals surface area contributed by atoms with E-state index < -0.39 is 12.1 Å². The second kappa shape index (κ2) is 8.72. The zero-order chi connectivity index (χ0) is 18.2. The van der Waals surface area contributed by atoms with Crippen molar-refractivity contribution in [3.63, 3.8) is 0 Å². The van der Waals surface area contributed by atoms with Crippen LogP contribution in [0, 0.1) is 0 Å². The third-order valence-electron chi connectivity index (χ3n) is 3.87. The van der Waals surface area contributed by atoms with Gasteiger partial charge >= 0.3 is 5.97 Å². The van der Waals surface area contributed by atoms with Crippen LogP contribution in [-0.2, 0) is 9.53 Å². The van der Waals surface area contributed by atoms with E-state index in [1.165, 1.54) is 0 Å². The van der Waals surface area contributed by atoms with Gasteiger partial charge in [-0.3, -0.25) is 0 Å². The summed E-state index contributed by atoms with van der Waals surface area (Å²) in [4.78, 5) is 12.3. The summed E-state index contributed by atoms with van der Waals surface area (Å²) in [6.07, 6.45) is -0.468. The van der Waals surface area contributed by atoms with Crippen molar-refractivity contribution >= 4 is 5.97 Å². The summed E-state index contributed by atoms with van der Waals surface area (Å²) in [5, 5.41) is 0. The fourth-order valence-corrected chi connectivity index (χ4v) is 2.56. The van der Waals surface area contributed by atoms with Gasteiger partial charge in [-0.25, -0.2) is 4.79 Å². The highest BCUT2D eigenvalue weighted by molar-refractivity contribution is 5.72. The first-order chi connectivity index (χ1) is 12.8. The molecule has 0 bridgehead atoms. The van der Waals surface area contributed by atoms with Crippen molar-refractivity contribution in [3.05, 3.63) is 96.1 Å². The van der Waals surface area contributed by atoms with Crippen LogP contribution in [0.4, 0.5) is 0 Å². The molecule has 0 amide bonds. The molecule has 0 spiro atoms. The molecule has 3 rings (SSSR count). The molecule has 0 aliphatic rings. The monoisotopic (exact) mass is 348 g/mol. The Morgan fingerprint density at radius 1 is 0.769 bits per heavy atom. The summed E-state index contributed by atoms with van der Waals surface area (Å²) >= 11 is 0. The molecule has 0 radical (unpaired) electrons. The number of benzene rings is 3. The lowest BCUT2D eigenvalue weighted by atomic mass is 10.0. The van der Waals surface area contributed by atoms with E-state index in [4.69, 9.17) is 14.2 Å². The average Bonchev–Trinajstić information content (AvgIpc) is 2.72. The Kier molecular flexibility index (Phi) is 5.88. The first-order valence-corrected chi connectivity index (χ1v) is 8.32. The van der Waals surface area contributed by atoms with E-state index in [2.05, 4.69) is 0 Å². The van der Waals surface area contributed by atoms with Gasteiger partial charge in [-0.05, 0) is 35.4 Å². The summed E-state index contributed by atoms with van der Waals surface area (Å²) in [7, 11) is 1.60. The fraction of sp³-hybridized carbons (Fsp3) is 0.136. The van der Waals surface area contributed by atoms with Crippen LogP contribution in [-0.4, -0.2) is 19.7 Å². The van der Waals surface area contributed by atoms with Gasteiger partial charge in [0.05, 0.1) is 7.11 Å². The van der Waals surface area contributed by atoms with E-state index in [1.54, 1.807) is 31.4 Å². The van der Waals surface area contributed by atoms with Crippen molar-refractivity contribution in [2.24, 2.45) is 0 Å².